The highest BCUT2D eigenvalue weighted by molar-refractivity contribution is 9.10. The smallest absolute Gasteiger partial charge is 0.311 e. The van der Waals surface area contributed by atoms with Gasteiger partial charge in [-0.3, -0.25) is 15.1 Å². The minimum absolute atomic E-state index is 0.101. The Labute approximate surface area is 155 Å². The van der Waals surface area contributed by atoms with Gasteiger partial charge in [0.15, 0.2) is 0 Å². The van der Waals surface area contributed by atoms with Gasteiger partial charge in [0.1, 0.15) is 17.7 Å². The zero-order valence-electron chi connectivity index (χ0n) is 13.4. The first-order valence-corrected chi connectivity index (χ1v) is 8.44. The van der Waals surface area contributed by atoms with Crippen LogP contribution in [0.25, 0.3) is 11.4 Å². The van der Waals surface area contributed by atoms with Crippen LogP contribution in [0.15, 0.2) is 45.7 Å². The van der Waals surface area contributed by atoms with Crippen molar-refractivity contribution in [2.24, 2.45) is 0 Å². The molecule has 0 spiro atoms. The average molecular weight is 422 g/mol. The van der Waals surface area contributed by atoms with Crippen LogP contribution in [-0.4, -0.2) is 26.6 Å². The number of nitrogens with one attached hydrogen (secondary N) is 1. The van der Waals surface area contributed by atoms with Gasteiger partial charge < -0.3 is 9.84 Å². The van der Waals surface area contributed by atoms with E-state index in [0.717, 1.165) is 0 Å². The minimum Gasteiger partial charge on any atom is -0.378 e. The fourth-order valence-electron chi connectivity index (χ4n) is 2.26. The van der Waals surface area contributed by atoms with E-state index in [0.29, 0.717) is 46.8 Å². The molecule has 3 rings (SSSR count). The van der Waals surface area contributed by atoms with E-state index in [1.54, 1.807) is 12.1 Å². The molecular formula is C16H13BrFN5O3. The fourth-order valence-corrected chi connectivity index (χ4v) is 2.73. The molecule has 0 unspecified atom stereocenters. The summed E-state index contributed by atoms with van der Waals surface area (Å²) >= 11 is 3.25. The van der Waals surface area contributed by atoms with Gasteiger partial charge in [-0.05, 0) is 46.6 Å². The molecule has 1 N–H and O–H groups in total. The number of hydrogen-bond acceptors (Lipinski definition) is 7. The zero-order chi connectivity index (χ0) is 18.5. The lowest BCUT2D eigenvalue weighted by molar-refractivity contribution is -0.384. The van der Waals surface area contributed by atoms with Crippen molar-refractivity contribution in [1.29, 1.82) is 0 Å². The highest BCUT2D eigenvalue weighted by Gasteiger charge is 2.17. The summed E-state index contributed by atoms with van der Waals surface area (Å²) in [7, 11) is 0. The molecule has 10 heteroatoms. The molecule has 1 aromatic carbocycles. The molecule has 0 bridgehead atoms. The summed E-state index contributed by atoms with van der Waals surface area (Å²) < 4.78 is 18.6. The second kappa shape index (κ2) is 8.00. The SMILES string of the molecule is O=[N+]([O-])c1cncc(Br)c1NCCCc1nc(-c2ccc(F)cc2)no1. The topological polar surface area (TPSA) is 107 Å². The van der Waals surface area contributed by atoms with Crippen molar-refractivity contribution in [1.82, 2.24) is 15.1 Å². The van der Waals surface area contributed by atoms with Crippen molar-refractivity contribution in [3.8, 4) is 11.4 Å². The van der Waals surface area contributed by atoms with Crippen LogP contribution < -0.4 is 5.32 Å². The Morgan fingerprint density at radius 3 is 2.77 bits per heavy atom. The number of halogens is 2. The van der Waals surface area contributed by atoms with Gasteiger partial charge in [0, 0.05) is 24.7 Å². The van der Waals surface area contributed by atoms with Crippen LogP contribution in [0, 0.1) is 15.9 Å². The summed E-state index contributed by atoms with van der Waals surface area (Å²) in [6.45, 7) is 0.470. The highest BCUT2D eigenvalue weighted by Crippen LogP contribution is 2.30. The number of hydrogen-bond donors (Lipinski definition) is 1. The molecule has 8 nitrogen and oxygen atoms in total. The molecule has 2 heterocycles. The van der Waals surface area contributed by atoms with E-state index < -0.39 is 4.92 Å². The van der Waals surface area contributed by atoms with Crippen LogP contribution >= 0.6 is 15.9 Å². The molecule has 0 amide bonds. The third-order valence-corrected chi connectivity index (χ3v) is 4.12. The molecule has 0 aliphatic rings. The maximum absolute atomic E-state index is 12.9. The standard InChI is InChI=1S/C16H13BrFN5O3/c17-12-8-19-9-13(23(24)25)15(12)20-7-1-2-14-21-16(22-26-14)10-3-5-11(18)6-4-10/h3-6,8-9H,1-2,7H2,(H,19,20). The molecule has 0 atom stereocenters. The van der Waals surface area contributed by atoms with Crippen molar-refractivity contribution in [2.75, 3.05) is 11.9 Å². The number of nitrogens with zero attached hydrogens (tertiary/aromatic N) is 4. The number of rotatable bonds is 7. The number of aryl methyl sites for hydroxylation is 1. The lowest BCUT2D eigenvalue weighted by atomic mass is 10.2. The quantitative estimate of drug-likeness (QED) is 0.349. The van der Waals surface area contributed by atoms with Crippen LogP contribution in [0.1, 0.15) is 12.3 Å². The molecule has 0 aliphatic carbocycles. The highest BCUT2D eigenvalue weighted by atomic mass is 79.9. The Morgan fingerprint density at radius 1 is 1.27 bits per heavy atom. The third-order valence-electron chi connectivity index (χ3n) is 3.52. The lowest BCUT2D eigenvalue weighted by Crippen LogP contribution is -2.06. The Morgan fingerprint density at radius 2 is 2.04 bits per heavy atom. The van der Waals surface area contributed by atoms with Gasteiger partial charge in [0.25, 0.3) is 0 Å². The molecular weight excluding hydrogens is 409 g/mol. The second-order valence-electron chi connectivity index (χ2n) is 5.32. The third kappa shape index (κ3) is 4.20. The first-order valence-electron chi connectivity index (χ1n) is 7.65. The molecule has 2 aromatic heterocycles. The summed E-state index contributed by atoms with van der Waals surface area (Å²) in [6.07, 6.45) is 3.80. The average Bonchev–Trinajstić information content (AvgIpc) is 3.09. The zero-order valence-corrected chi connectivity index (χ0v) is 14.9. The van der Waals surface area contributed by atoms with E-state index >= 15 is 0 Å². The normalized spacial score (nSPS) is 10.7. The van der Waals surface area contributed by atoms with Crippen molar-refractivity contribution >= 4 is 27.3 Å². The number of anilines is 1. The van der Waals surface area contributed by atoms with E-state index in [1.165, 1.54) is 24.5 Å². The summed E-state index contributed by atoms with van der Waals surface area (Å²) in [6, 6.07) is 5.81. The van der Waals surface area contributed by atoms with Crippen LogP contribution in [0.3, 0.4) is 0 Å². The largest absolute Gasteiger partial charge is 0.378 e. The Hall–Kier alpha value is -2.88. The molecule has 134 valence electrons. The Bertz CT molecular complexity index is 917. The van der Waals surface area contributed by atoms with E-state index in [-0.39, 0.29) is 11.5 Å². The first-order chi connectivity index (χ1) is 12.5. The molecule has 0 radical (unpaired) electrons. The van der Waals surface area contributed by atoms with E-state index in [1.807, 2.05) is 0 Å². The van der Waals surface area contributed by atoms with E-state index in [2.05, 4.69) is 36.4 Å². The number of pyridine rings is 1. The summed E-state index contributed by atoms with van der Waals surface area (Å²) in [5.41, 5.74) is 0.939. The maximum Gasteiger partial charge on any atom is 0.311 e. The maximum atomic E-state index is 12.9. The minimum atomic E-state index is -0.493. The summed E-state index contributed by atoms with van der Waals surface area (Å²) in [4.78, 5) is 18.6. The van der Waals surface area contributed by atoms with E-state index in [4.69, 9.17) is 4.52 Å². The second-order valence-corrected chi connectivity index (χ2v) is 6.18. The molecule has 0 saturated carbocycles. The van der Waals surface area contributed by atoms with Crippen molar-refractivity contribution < 1.29 is 13.8 Å². The van der Waals surface area contributed by atoms with Gasteiger partial charge in [-0.25, -0.2) is 4.39 Å². The molecule has 0 aliphatic heterocycles. The molecule has 0 fully saturated rings. The number of aromatic nitrogens is 3. The predicted molar refractivity (Wildman–Crippen MR) is 95.1 cm³/mol. The van der Waals surface area contributed by atoms with Gasteiger partial charge >= 0.3 is 5.69 Å². The van der Waals surface area contributed by atoms with Crippen LogP contribution in [-0.2, 0) is 6.42 Å². The van der Waals surface area contributed by atoms with Crippen LogP contribution in [0.2, 0.25) is 0 Å². The van der Waals surface area contributed by atoms with E-state index in [9.17, 15) is 14.5 Å². The van der Waals surface area contributed by atoms with Crippen LogP contribution in [0.5, 0.6) is 0 Å². The van der Waals surface area contributed by atoms with Crippen molar-refractivity contribution in [2.45, 2.75) is 12.8 Å². The van der Waals surface area contributed by atoms with Crippen molar-refractivity contribution in [3.63, 3.8) is 0 Å². The summed E-state index contributed by atoms with van der Waals surface area (Å²) in [5.74, 6) is 0.495. The molecule has 26 heavy (non-hydrogen) atoms. The monoisotopic (exact) mass is 421 g/mol. The van der Waals surface area contributed by atoms with Gasteiger partial charge in [-0.1, -0.05) is 5.16 Å². The van der Waals surface area contributed by atoms with Gasteiger partial charge in [-0.2, -0.15) is 4.98 Å². The Kier molecular flexibility index (Phi) is 5.52. The van der Waals surface area contributed by atoms with Crippen molar-refractivity contribution in [3.05, 3.63) is 63.0 Å². The fraction of sp³-hybridized carbons (Fsp3) is 0.188. The summed E-state index contributed by atoms with van der Waals surface area (Å²) in [5, 5.41) is 17.9. The predicted octanol–water partition coefficient (Wildman–Crippen LogP) is 3.99. The van der Waals surface area contributed by atoms with Gasteiger partial charge in [-0.15, -0.1) is 0 Å². The molecule has 3 aromatic rings. The molecule has 0 saturated heterocycles. The van der Waals surface area contributed by atoms with Gasteiger partial charge in [0.2, 0.25) is 11.7 Å². The lowest BCUT2D eigenvalue weighted by Gasteiger charge is -2.07. The number of nitro groups is 1. The van der Waals surface area contributed by atoms with Crippen LogP contribution in [0.4, 0.5) is 15.8 Å². The first kappa shape index (κ1) is 17.9. The van der Waals surface area contributed by atoms with Gasteiger partial charge in [0.05, 0.1) is 9.40 Å². The Balaban J connectivity index is 1.57. The number of benzene rings is 1.